The molecule has 1 aromatic heterocycles. The van der Waals surface area contributed by atoms with E-state index < -0.39 is 11.9 Å². The molecule has 0 saturated carbocycles. The number of alkyl halides is 3. The predicted octanol–water partition coefficient (Wildman–Crippen LogP) is 2.35. The summed E-state index contributed by atoms with van der Waals surface area (Å²) in [5, 5.41) is 2.76. The van der Waals surface area contributed by atoms with Crippen LogP contribution >= 0.6 is 0 Å². The Labute approximate surface area is 120 Å². The van der Waals surface area contributed by atoms with Crippen LogP contribution in [0.5, 0.6) is 0 Å². The van der Waals surface area contributed by atoms with Crippen LogP contribution in [0.15, 0.2) is 12.3 Å². The highest BCUT2D eigenvalue weighted by molar-refractivity contribution is 5.25. The molecule has 2 heterocycles. The van der Waals surface area contributed by atoms with Crippen molar-refractivity contribution in [3.8, 4) is 0 Å². The number of aromatic nitrogens is 2. The summed E-state index contributed by atoms with van der Waals surface area (Å²) >= 11 is 0. The fraction of sp³-hybridized carbons (Fsp3) is 0.692. The summed E-state index contributed by atoms with van der Waals surface area (Å²) in [6.07, 6.45) is -1.66. The Balaban J connectivity index is 1.62. The van der Waals surface area contributed by atoms with E-state index in [1.54, 1.807) is 0 Å². The first kappa shape index (κ1) is 16.0. The van der Waals surface area contributed by atoms with Gasteiger partial charge in [-0.3, -0.25) is 0 Å². The molecule has 1 saturated heterocycles. The molecule has 0 aliphatic carbocycles. The molecule has 0 unspecified atom stereocenters. The smallest absolute Gasteiger partial charge is 0.381 e. The van der Waals surface area contributed by atoms with E-state index in [1.807, 2.05) is 0 Å². The normalized spacial score (nSPS) is 18.9. The van der Waals surface area contributed by atoms with Crippen molar-refractivity contribution in [2.45, 2.75) is 19.0 Å². The van der Waals surface area contributed by atoms with E-state index in [0.717, 1.165) is 31.9 Å². The van der Waals surface area contributed by atoms with Crippen molar-refractivity contribution in [3.05, 3.63) is 18.0 Å². The van der Waals surface area contributed by atoms with Crippen LogP contribution in [0.3, 0.4) is 0 Å². The second kappa shape index (κ2) is 7.56. The fourth-order valence-corrected chi connectivity index (χ4v) is 1.94. The van der Waals surface area contributed by atoms with E-state index >= 15 is 0 Å². The highest BCUT2D eigenvalue weighted by Crippen LogP contribution is 2.27. The SMILES string of the molecule is FC(F)(F)c1ccnc(NCCCOC[C@H]2CCOC2)n1. The molecule has 0 amide bonds. The number of rotatable bonds is 7. The molecule has 1 aliphatic heterocycles. The quantitative estimate of drug-likeness (QED) is 0.784. The van der Waals surface area contributed by atoms with E-state index in [-0.39, 0.29) is 5.95 Å². The summed E-state index contributed by atoms with van der Waals surface area (Å²) in [7, 11) is 0. The van der Waals surface area contributed by atoms with Crippen molar-refractivity contribution < 1.29 is 22.6 Å². The van der Waals surface area contributed by atoms with Gasteiger partial charge >= 0.3 is 6.18 Å². The Kier molecular flexibility index (Phi) is 5.75. The largest absolute Gasteiger partial charge is 0.433 e. The van der Waals surface area contributed by atoms with Crippen molar-refractivity contribution in [3.63, 3.8) is 0 Å². The van der Waals surface area contributed by atoms with Gasteiger partial charge in [0.1, 0.15) is 5.69 Å². The van der Waals surface area contributed by atoms with Gasteiger partial charge < -0.3 is 14.8 Å². The summed E-state index contributed by atoms with van der Waals surface area (Å²) in [5.41, 5.74) is -0.947. The molecule has 0 spiro atoms. The van der Waals surface area contributed by atoms with Gasteiger partial charge in [0, 0.05) is 31.9 Å². The van der Waals surface area contributed by atoms with Crippen molar-refractivity contribution >= 4 is 5.95 Å². The molecule has 0 bridgehead atoms. The Morgan fingerprint density at radius 1 is 1.43 bits per heavy atom. The van der Waals surface area contributed by atoms with Gasteiger partial charge in [-0.2, -0.15) is 13.2 Å². The monoisotopic (exact) mass is 305 g/mol. The second-order valence-corrected chi connectivity index (χ2v) is 4.85. The van der Waals surface area contributed by atoms with Crippen LogP contribution in [0.25, 0.3) is 0 Å². The molecule has 1 atom stereocenters. The minimum absolute atomic E-state index is 0.0194. The Hall–Kier alpha value is -1.41. The van der Waals surface area contributed by atoms with Gasteiger partial charge in [-0.15, -0.1) is 0 Å². The molecule has 0 aromatic carbocycles. The maximum Gasteiger partial charge on any atom is 0.433 e. The predicted molar refractivity (Wildman–Crippen MR) is 69.9 cm³/mol. The summed E-state index contributed by atoms with van der Waals surface area (Å²) in [6.45, 7) is 3.21. The molecular weight excluding hydrogens is 287 g/mol. The number of anilines is 1. The van der Waals surface area contributed by atoms with Gasteiger partial charge in [0.15, 0.2) is 0 Å². The van der Waals surface area contributed by atoms with Gasteiger partial charge in [-0.1, -0.05) is 0 Å². The fourth-order valence-electron chi connectivity index (χ4n) is 1.94. The minimum Gasteiger partial charge on any atom is -0.381 e. The third-order valence-electron chi connectivity index (χ3n) is 3.07. The molecule has 21 heavy (non-hydrogen) atoms. The van der Waals surface area contributed by atoms with Gasteiger partial charge in [0.2, 0.25) is 5.95 Å². The van der Waals surface area contributed by atoms with Gasteiger partial charge in [-0.25, -0.2) is 9.97 Å². The molecule has 1 aliphatic rings. The molecule has 1 fully saturated rings. The van der Waals surface area contributed by atoms with E-state index in [0.29, 0.717) is 32.1 Å². The molecule has 1 N–H and O–H groups in total. The van der Waals surface area contributed by atoms with Crippen LogP contribution in [-0.4, -0.2) is 42.9 Å². The minimum atomic E-state index is -4.45. The number of nitrogens with zero attached hydrogens (tertiary/aromatic N) is 2. The average molecular weight is 305 g/mol. The highest BCUT2D eigenvalue weighted by Gasteiger charge is 2.32. The first-order chi connectivity index (χ1) is 10.1. The Morgan fingerprint density at radius 3 is 3.00 bits per heavy atom. The lowest BCUT2D eigenvalue weighted by molar-refractivity contribution is -0.141. The van der Waals surface area contributed by atoms with Gasteiger partial charge in [0.05, 0.1) is 13.2 Å². The lowest BCUT2D eigenvalue weighted by Gasteiger charge is -2.10. The molecule has 8 heteroatoms. The van der Waals surface area contributed by atoms with Crippen molar-refractivity contribution in [2.75, 3.05) is 38.3 Å². The number of ether oxygens (including phenoxy) is 2. The van der Waals surface area contributed by atoms with Crippen LogP contribution in [0, 0.1) is 5.92 Å². The zero-order chi connectivity index (χ0) is 15.1. The van der Waals surface area contributed by atoms with Crippen LogP contribution in [0.4, 0.5) is 19.1 Å². The maximum atomic E-state index is 12.5. The van der Waals surface area contributed by atoms with Crippen LogP contribution in [0.1, 0.15) is 18.5 Å². The number of hydrogen-bond donors (Lipinski definition) is 1. The summed E-state index contributed by atoms with van der Waals surface area (Å²) < 4.78 is 48.1. The second-order valence-electron chi connectivity index (χ2n) is 4.85. The lowest BCUT2D eigenvalue weighted by atomic mass is 10.1. The van der Waals surface area contributed by atoms with Crippen LogP contribution in [0.2, 0.25) is 0 Å². The summed E-state index contributed by atoms with van der Waals surface area (Å²) in [4.78, 5) is 7.17. The number of halogens is 3. The molecule has 5 nitrogen and oxygen atoms in total. The average Bonchev–Trinajstić information content (AvgIpc) is 2.95. The van der Waals surface area contributed by atoms with E-state index in [4.69, 9.17) is 9.47 Å². The summed E-state index contributed by atoms with van der Waals surface area (Å²) in [5.74, 6) is 0.443. The molecular formula is C13H18F3N3O2. The van der Waals surface area contributed by atoms with Crippen LogP contribution in [-0.2, 0) is 15.7 Å². The number of hydrogen-bond acceptors (Lipinski definition) is 5. The van der Waals surface area contributed by atoms with E-state index in [2.05, 4.69) is 15.3 Å². The molecule has 0 radical (unpaired) electrons. The molecule has 2 rings (SSSR count). The zero-order valence-corrected chi connectivity index (χ0v) is 11.5. The Morgan fingerprint density at radius 2 is 2.29 bits per heavy atom. The molecule has 1 aromatic rings. The van der Waals surface area contributed by atoms with E-state index in [9.17, 15) is 13.2 Å². The van der Waals surface area contributed by atoms with Gasteiger partial charge in [-0.05, 0) is 18.9 Å². The van der Waals surface area contributed by atoms with Crippen molar-refractivity contribution in [2.24, 2.45) is 5.92 Å². The third kappa shape index (κ3) is 5.47. The van der Waals surface area contributed by atoms with Crippen molar-refractivity contribution in [1.82, 2.24) is 9.97 Å². The number of nitrogens with one attached hydrogen (secondary N) is 1. The molecule has 118 valence electrons. The zero-order valence-electron chi connectivity index (χ0n) is 11.5. The standard InChI is InChI=1S/C13H18F3N3O2/c14-13(15,16)11-2-5-18-12(19-11)17-4-1-6-20-8-10-3-7-21-9-10/h2,5,10H,1,3-4,6-9H2,(H,17,18,19)/t10-/m1/s1. The highest BCUT2D eigenvalue weighted by atomic mass is 19.4. The maximum absolute atomic E-state index is 12.5. The first-order valence-corrected chi connectivity index (χ1v) is 6.85. The first-order valence-electron chi connectivity index (χ1n) is 6.85. The van der Waals surface area contributed by atoms with E-state index in [1.165, 1.54) is 0 Å². The van der Waals surface area contributed by atoms with Crippen molar-refractivity contribution in [1.29, 1.82) is 0 Å². The summed E-state index contributed by atoms with van der Waals surface area (Å²) in [6, 6.07) is 0.845. The topological polar surface area (TPSA) is 56.3 Å². The lowest BCUT2D eigenvalue weighted by Crippen LogP contribution is -2.14. The van der Waals surface area contributed by atoms with Gasteiger partial charge in [0.25, 0.3) is 0 Å². The van der Waals surface area contributed by atoms with Crippen LogP contribution < -0.4 is 5.32 Å². The Bertz CT molecular complexity index is 437. The third-order valence-corrected chi connectivity index (χ3v) is 3.07.